The quantitative estimate of drug-likeness (QED) is 0.845. The van der Waals surface area contributed by atoms with E-state index in [2.05, 4.69) is 0 Å². The third-order valence-electron chi connectivity index (χ3n) is 4.36. The summed E-state index contributed by atoms with van der Waals surface area (Å²) in [5.74, 6) is -1.12. The molecule has 1 aromatic rings. The molecule has 0 spiro atoms. The highest BCUT2D eigenvalue weighted by Crippen LogP contribution is 2.42. The minimum Gasteiger partial charge on any atom is -0.485 e. The molecule has 130 valence electrons. The number of carbonyl (C=O) groups excluding carboxylic acids is 3. The number of hydrogen-bond acceptors (Lipinski definition) is 6. The number of rotatable bonds is 2. The van der Waals surface area contributed by atoms with Crippen molar-refractivity contribution in [3.63, 3.8) is 0 Å². The van der Waals surface area contributed by atoms with Crippen LogP contribution in [0.15, 0.2) is 23.9 Å². The molecule has 2 amide bonds. The molecule has 8 nitrogen and oxygen atoms in total. The van der Waals surface area contributed by atoms with Crippen LogP contribution in [0.25, 0.3) is 0 Å². The normalized spacial score (nSPS) is 22.0. The number of allylic oxidation sites excluding steroid dienone is 1. The van der Waals surface area contributed by atoms with Crippen molar-refractivity contribution in [2.45, 2.75) is 12.5 Å². The average Bonchev–Trinajstić information content (AvgIpc) is 2.96. The van der Waals surface area contributed by atoms with E-state index >= 15 is 0 Å². The molecule has 0 radical (unpaired) electrons. The monoisotopic (exact) mass is 347 g/mol. The number of primary amides is 1. The van der Waals surface area contributed by atoms with E-state index in [1.54, 1.807) is 4.90 Å². The fourth-order valence-corrected chi connectivity index (χ4v) is 3.14. The molecule has 4 rings (SSSR count). The van der Waals surface area contributed by atoms with Gasteiger partial charge in [-0.15, -0.1) is 0 Å². The lowest BCUT2D eigenvalue weighted by molar-refractivity contribution is -0.124. The van der Waals surface area contributed by atoms with Crippen molar-refractivity contribution in [2.24, 2.45) is 5.73 Å². The summed E-state index contributed by atoms with van der Waals surface area (Å²) in [5, 5.41) is 0. The molecule has 1 aromatic carbocycles. The van der Waals surface area contributed by atoms with Crippen LogP contribution in [0.4, 0.5) is 20.6 Å². The largest absolute Gasteiger partial charge is 0.485 e. The van der Waals surface area contributed by atoms with Gasteiger partial charge in [0.15, 0.2) is 17.7 Å². The van der Waals surface area contributed by atoms with Crippen molar-refractivity contribution in [1.82, 2.24) is 0 Å². The van der Waals surface area contributed by atoms with Crippen molar-refractivity contribution in [1.29, 1.82) is 0 Å². The van der Waals surface area contributed by atoms with Gasteiger partial charge in [-0.05, 0) is 0 Å². The third-order valence-corrected chi connectivity index (χ3v) is 4.36. The lowest BCUT2D eigenvalue weighted by Crippen LogP contribution is -2.37. The number of benzene rings is 1. The van der Waals surface area contributed by atoms with E-state index < -0.39 is 23.9 Å². The van der Waals surface area contributed by atoms with Gasteiger partial charge < -0.3 is 20.1 Å². The molecule has 1 saturated heterocycles. The van der Waals surface area contributed by atoms with Gasteiger partial charge in [0, 0.05) is 31.2 Å². The maximum absolute atomic E-state index is 14.7. The van der Waals surface area contributed by atoms with Crippen LogP contribution in [-0.4, -0.2) is 43.6 Å². The molecular weight excluding hydrogens is 333 g/mol. The Bertz CT molecular complexity index is 837. The SMILES string of the molecule is NC(=O)[C@H]1CN(c2cc(F)c3c(c2)OCC2=CC(=O)CCN23)C(=O)O1. The second-order valence-corrected chi connectivity index (χ2v) is 5.95. The molecule has 1 atom stereocenters. The van der Waals surface area contributed by atoms with Gasteiger partial charge >= 0.3 is 6.09 Å². The van der Waals surface area contributed by atoms with Crippen LogP contribution in [0, 0.1) is 5.82 Å². The molecule has 3 heterocycles. The molecule has 0 aliphatic carbocycles. The number of nitrogens with two attached hydrogens (primary N) is 1. The predicted molar refractivity (Wildman–Crippen MR) is 83.8 cm³/mol. The highest BCUT2D eigenvalue weighted by atomic mass is 19.1. The minimum absolute atomic E-state index is 0.0207. The standard InChI is InChI=1S/C16H14FN3O5/c17-11-4-8(20-6-13(15(18)22)25-16(20)23)5-12-14(11)19-2-1-10(21)3-9(19)7-24-12/h3-5,13H,1-2,6-7H2,(H2,18,22)/t13-/m1/s1. The van der Waals surface area contributed by atoms with Crippen LogP contribution in [0.1, 0.15) is 6.42 Å². The number of halogens is 1. The topological polar surface area (TPSA) is 102 Å². The second kappa shape index (κ2) is 5.47. The van der Waals surface area contributed by atoms with E-state index in [0.29, 0.717) is 18.7 Å². The fraction of sp³-hybridized carbons (Fsp3) is 0.312. The third kappa shape index (κ3) is 2.48. The molecule has 1 fully saturated rings. The Morgan fingerprint density at radius 1 is 1.28 bits per heavy atom. The van der Waals surface area contributed by atoms with Crippen molar-refractivity contribution in [3.05, 3.63) is 29.7 Å². The molecule has 0 unspecified atom stereocenters. The fourth-order valence-electron chi connectivity index (χ4n) is 3.14. The van der Waals surface area contributed by atoms with Crippen molar-refractivity contribution in [2.75, 3.05) is 29.5 Å². The number of ketones is 1. The van der Waals surface area contributed by atoms with Crippen LogP contribution >= 0.6 is 0 Å². The summed E-state index contributed by atoms with van der Waals surface area (Å²) in [6.07, 6.45) is -0.101. The predicted octanol–water partition coefficient (Wildman–Crippen LogP) is 0.692. The molecule has 0 bridgehead atoms. The zero-order chi connectivity index (χ0) is 17.7. The molecule has 0 aromatic heterocycles. The zero-order valence-corrected chi connectivity index (χ0v) is 13.0. The van der Waals surface area contributed by atoms with Crippen LogP contribution < -0.4 is 20.3 Å². The molecule has 3 aliphatic heterocycles. The summed E-state index contributed by atoms with van der Waals surface area (Å²) < 4.78 is 25.2. The molecule has 2 N–H and O–H groups in total. The van der Waals surface area contributed by atoms with Crippen LogP contribution in [-0.2, 0) is 14.3 Å². The Morgan fingerprint density at radius 3 is 2.80 bits per heavy atom. The van der Waals surface area contributed by atoms with E-state index in [1.165, 1.54) is 18.2 Å². The number of amides is 2. The molecule has 9 heteroatoms. The maximum Gasteiger partial charge on any atom is 0.415 e. The molecule has 3 aliphatic rings. The highest BCUT2D eigenvalue weighted by molar-refractivity contribution is 5.96. The van der Waals surface area contributed by atoms with E-state index in [1.807, 2.05) is 0 Å². The average molecular weight is 347 g/mol. The van der Waals surface area contributed by atoms with E-state index in [-0.39, 0.29) is 36.1 Å². The Kier molecular flexibility index (Phi) is 3.38. The number of hydrogen-bond donors (Lipinski definition) is 1. The number of ether oxygens (including phenoxy) is 2. The van der Waals surface area contributed by atoms with Crippen LogP contribution in [0.3, 0.4) is 0 Å². The number of anilines is 2. The summed E-state index contributed by atoms with van der Waals surface area (Å²) in [6.45, 7) is 0.415. The highest BCUT2D eigenvalue weighted by Gasteiger charge is 2.37. The number of carbonyl (C=O) groups is 3. The van der Waals surface area contributed by atoms with Gasteiger partial charge in [0.2, 0.25) is 0 Å². The van der Waals surface area contributed by atoms with E-state index in [0.717, 1.165) is 4.90 Å². The lowest BCUT2D eigenvalue weighted by Gasteiger charge is -2.36. The zero-order valence-electron chi connectivity index (χ0n) is 13.0. The van der Waals surface area contributed by atoms with Gasteiger partial charge in [0.05, 0.1) is 17.9 Å². The van der Waals surface area contributed by atoms with Gasteiger partial charge in [0.25, 0.3) is 5.91 Å². The first-order valence-corrected chi connectivity index (χ1v) is 7.69. The second-order valence-electron chi connectivity index (χ2n) is 5.95. The number of cyclic esters (lactones) is 1. The van der Waals surface area contributed by atoms with Crippen molar-refractivity contribution >= 4 is 29.2 Å². The maximum atomic E-state index is 14.7. The minimum atomic E-state index is -1.07. The Hall–Kier alpha value is -3.10. The smallest absolute Gasteiger partial charge is 0.415 e. The van der Waals surface area contributed by atoms with Gasteiger partial charge in [-0.1, -0.05) is 0 Å². The van der Waals surface area contributed by atoms with Gasteiger partial charge in [-0.3, -0.25) is 14.5 Å². The van der Waals surface area contributed by atoms with E-state index in [4.69, 9.17) is 15.2 Å². The van der Waals surface area contributed by atoms with Crippen LogP contribution in [0.2, 0.25) is 0 Å². The van der Waals surface area contributed by atoms with Gasteiger partial charge in [-0.25, -0.2) is 9.18 Å². The first kappa shape index (κ1) is 15.4. The number of fused-ring (bicyclic) bond motifs is 3. The summed E-state index contributed by atoms with van der Waals surface area (Å²) in [4.78, 5) is 37.4. The molecule has 0 saturated carbocycles. The Morgan fingerprint density at radius 2 is 2.08 bits per heavy atom. The first-order valence-electron chi connectivity index (χ1n) is 7.69. The summed E-state index contributed by atoms with van der Waals surface area (Å²) in [5.41, 5.74) is 6.19. The molecule has 25 heavy (non-hydrogen) atoms. The number of nitrogens with zero attached hydrogens (tertiary/aromatic N) is 2. The summed E-state index contributed by atoms with van der Waals surface area (Å²) >= 11 is 0. The first-order chi connectivity index (χ1) is 11.9. The van der Waals surface area contributed by atoms with Gasteiger partial charge in [-0.2, -0.15) is 0 Å². The lowest BCUT2D eigenvalue weighted by atomic mass is 10.1. The Balaban J connectivity index is 1.70. The summed E-state index contributed by atoms with van der Waals surface area (Å²) in [7, 11) is 0. The van der Waals surface area contributed by atoms with Crippen molar-refractivity contribution in [3.8, 4) is 5.75 Å². The van der Waals surface area contributed by atoms with Gasteiger partial charge in [0.1, 0.15) is 18.0 Å². The van der Waals surface area contributed by atoms with Crippen molar-refractivity contribution < 1.29 is 28.2 Å². The Labute approximate surface area is 141 Å². The van der Waals surface area contributed by atoms with E-state index in [9.17, 15) is 18.8 Å². The summed E-state index contributed by atoms with van der Waals surface area (Å²) in [6, 6.07) is 2.68. The molecular formula is C16H14FN3O5. The van der Waals surface area contributed by atoms with Crippen LogP contribution in [0.5, 0.6) is 5.75 Å².